The zero-order valence-electron chi connectivity index (χ0n) is 10.9. The molecule has 0 aromatic heterocycles. The van der Waals surface area contributed by atoms with E-state index in [1.165, 1.54) is 5.56 Å². The van der Waals surface area contributed by atoms with Gasteiger partial charge in [-0.2, -0.15) is 0 Å². The molecule has 16 heavy (non-hydrogen) atoms. The quantitative estimate of drug-likeness (QED) is 0.708. The molecule has 1 rings (SSSR count). The minimum atomic E-state index is -0.610. The molecule has 0 fully saturated rings. The highest BCUT2D eigenvalue weighted by Gasteiger charge is 2.32. The summed E-state index contributed by atoms with van der Waals surface area (Å²) in [7, 11) is 3.40. The second-order valence-corrected chi connectivity index (χ2v) is 4.26. The van der Waals surface area contributed by atoms with Crippen LogP contribution in [0.3, 0.4) is 0 Å². The van der Waals surface area contributed by atoms with Crippen LogP contribution >= 0.6 is 0 Å². The molecule has 0 unspecified atom stereocenters. The Kier molecular flexibility index (Phi) is 4.51. The van der Waals surface area contributed by atoms with Crippen molar-refractivity contribution in [3.05, 3.63) is 35.4 Å². The summed E-state index contributed by atoms with van der Waals surface area (Å²) in [4.78, 5) is 0. The molecule has 0 N–H and O–H groups in total. The highest BCUT2D eigenvalue weighted by Crippen LogP contribution is 2.34. The van der Waals surface area contributed by atoms with Gasteiger partial charge in [-0.05, 0) is 11.5 Å². The Balaban J connectivity index is 3.29. The predicted octanol–water partition coefficient (Wildman–Crippen LogP) is 3.67. The zero-order valence-corrected chi connectivity index (χ0v) is 10.9. The van der Waals surface area contributed by atoms with E-state index < -0.39 is 5.79 Å². The molecule has 0 bridgehead atoms. The number of methoxy groups -OCH3 is 2. The van der Waals surface area contributed by atoms with Crippen molar-refractivity contribution in [2.75, 3.05) is 14.2 Å². The number of hydrogen-bond acceptors (Lipinski definition) is 2. The van der Waals surface area contributed by atoms with Crippen LogP contribution < -0.4 is 0 Å². The molecule has 0 amide bonds. The van der Waals surface area contributed by atoms with Crippen molar-refractivity contribution < 1.29 is 9.47 Å². The average Bonchev–Trinajstić information content (AvgIpc) is 2.32. The van der Waals surface area contributed by atoms with Crippen molar-refractivity contribution in [3.8, 4) is 0 Å². The van der Waals surface area contributed by atoms with Gasteiger partial charge in [0.15, 0.2) is 5.79 Å². The van der Waals surface area contributed by atoms with Crippen molar-refractivity contribution >= 4 is 0 Å². The molecule has 2 heteroatoms. The van der Waals surface area contributed by atoms with Gasteiger partial charge in [0.05, 0.1) is 0 Å². The molecule has 0 saturated heterocycles. The smallest absolute Gasteiger partial charge is 0.194 e. The Bertz CT molecular complexity index is 319. The second-order valence-electron chi connectivity index (χ2n) is 4.26. The van der Waals surface area contributed by atoms with E-state index in [-0.39, 0.29) is 0 Å². The molecule has 1 aromatic rings. The maximum atomic E-state index is 5.59. The highest BCUT2D eigenvalue weighted by atomic mass is 16.7. The van der Waals surface area contributed by atoms with Gasteiger partial charge in [0.25, 0.3) is 0 Å². The van der Waals surface area contributed by atoms with Crippen LogP contribution in [0, 0.1) is 0 Å². The third kappa shape index (κ3) is 2.28. The largest absolute Gasteiger partial charge is 0.349 e. The van der Waals surface area contributed by atoms with Gasteiger partial charge >= 0.3 is 0 Å². The van der Waals surface area contributed by atoms with Crippen LogP contribution in [0.1, 0.15) is 44.2 Å². The summed E-state index contributed by atoms with van der Waals surface area (Å²) >= 11 is 0. The van der Waals surface area contributed by atoms with Crippen LogP contribution in [0.4, 0.5) is 0 Å². The lowest BCUT2D eigenvalue weighted by Crippen LogP contribution is -2.31. The summed E-state index contributed by atoms with van der Waals surface area (Å²) in [6, 6.07) is 8.32. The SMILES string of the molecule is CCC(OC)(OC)c1ccccc1C(C)C. The van der Waals surface area contributed by atoms with Gasteiger partial charge in [0, 0.05) is 26.2 Å². The Morgan fingerprint density at radius 1 is 1.12 bits per heavy atom. The summed E-state index contributed by atoms with van der Waals surface area (Å²) in [6.45, 7) is 6.44. The molecule has 1 aromatic carbocycles. The first-order valence-electron chi connectivity index (χ1n) is 5.81. The molecule has 0 aliphatic heterocycles. The van der Waals surface area contributed by atoms with Crippen molar-refractivity contribution in [1.29, 1.82) is 0 Å². The first-order chi connectivity index (χ1) is 7.61. The Labute approximate surface area is 98.6 Å². The number of rotatable bonds is 5. The van der Waals surface area contributed by atoms with Crippen molar-refractivity contribution in [1.82, 2.24) is 0 Å². The molecule has 0 spiro atoms. The van der Waals surface area contributed by atoms with E-state index in [1.54, 1.807) is 14.2 Å². The van der Waals surface area contributed by atoms with Gasteiger partial charge in [-0.15, -0.1) is 0 Å². The van der Waals surface area contributed by atoms with Crippen LogP contribution in [0.5, 0.6) is 0 Å². The maximum absolute atomic E-state index is 5.59. The number of ether oxygens (including phenoxy) is 2. The van der Waals surface area contributed by atoms with E-state index in [1.807, 2.05) is 6.07 Å². The first kappa shape index (κ1) is 13.2. The van der Waals surface area contributed by atoms with E-state index in [4.69, 9.17) is 9.47 Å². The van der Waals surface area contributed by atoms with Crippen molar-refractivity contribution in [2.45, 2.75) is 38.9 Å². The number of benzene rings is 1. The van der Waals surface area contributed by atoms with E-state index in [0.29, 0.717) is 5.92 Å². The lowest BCUT2D eigenvalue weighted by molar-refractivity contribution is -0.218. The minimum absolute atomic E-state index is 0.465. The lowest BCUT2D eigenvalue weighted by atomic mass is 9.91. The van der Waals surface area contributed by atoms with Crippen LogP contribution in [-0.4, -0.2) is 14.2 Å². The summed E-state index contributed by atoms with van der Waals surface area (Å²) < 4.78 is 11.2. The van der Waals surface area contributed by atoms with Crippen LogP contribution in [-0.2, 0) is 15.3 Å². The van der Waals surface area contributed by atoms with E-state index >= 15 is 0 Å². The summed E-state index contributed by atoms with van der Waals surface area (Å²) in [5, 5.41) is 0. The van der Waals surface area contributed by atoms with E-state index in [2.05, 4.69) is 39.0 Å². The molecule has 0 aliphatic carbocycles. The standard InChI is InChI=1S/C14H22O2/c1-6-14(15-4,16-5)13-10-8-7-9-12(13)11(2)3/h7-11H,6H2,1-5H3. The van der Waals surface area contributed by atoms with Crippen LogP contribution in [0.25, 0.3) is 0 Å². The van der Waals surface area contributed by atoms with Gasteiger partial charge in [0.2, 0.25) is 0 Å². The third-order valence-electron chi connectivity index (χ3n) is 3.12. The fraction of sp³-hybridized carbons (Fsp3) is 0.571. The Morgan fingerprint density at radius 3 is 2.12 bits per heavy atom. The van der Waals surface area contributed by atoms with Gasteiger partial charge in [0.1, 0.15) is 0 Å². The Hall–Kier alpha value is -0.860. The molecular weight excluding hydrogens is 200 g/mol. The maximum Gasteiger partial charge on any atom is 0.194 e. The molecule has 0 saturated carbocycles. The molecule has 0 heterocycles. The van der Waals surface area contributed by atoms with Gasteiger partial charge in [-0.25, -0.2) is 0 Å². The normalized spacial score (nSPS) is 12.1. The number of hydrogen-bond donors (Lipinski definition) is 0. The fourth-order valence-corrected chi connectivity index (χ4v) is 2.13. The topological polar surface area (TPSA) is 18.5 Å². The van der Waals surface area contributed by atoms with Gasteiger partial charge in [-0.1, -0.05) is 45.0 Å². The molecule has 2 nitrogen and oxygen atoms in total. The monoisotopic (exact) mass is 222 g/mol. The highest BCUT2D eigenvalue weighted by molar-refractivity contribution is 5.33. The average molecular weight is 222 g/mol. The fourth-order valence-electron chi connectivity index (χ4n) is 2.13. The molecule has 0 atom stereocenters. The van der Waals surface area contributed by atoms with Gasteiger partial charge in [-0.3, -0.25) is 0 Å². The molecular formula is C14H22O2. The van der Waals surface area contributed by atoms with Gasteiger partial charge < -0.3 is 9.47 Å². The molecule has 90 valence electrons. The van der Waals surface area contributed by atoms with Crippen LogP contribution in [0.15, 0.2) is 24.3 Å². The van der Waals surface area contributed by atoms with Crippen molar-refractivity contribution in [3.63, 3.8) is 0 Å². The first-order valence-corrected chi connectivity index (χ1v) is 5.81. The minimum Gasteiger partial charge on any atom is -0.349 e. The lowest BCUT2D eigenvalue weighted by Gasteiger charge is -2.32. The summed E-state index contributed by atoms with van der Waals surface area (Å²) in [5.41, 5.74) is 2.42. The van der Waals surface area contributed by atoms with E-state index in [0.717, 1.165) is 12.0 Å². The Morgan fingerprint density at radius 2 is 1.69 bits per heavy atom. The zero-order chi connectivity index (χ0) is 12.2. The summed E-state index contributed by atoms with van der Waals surface area (Å²) in [5.74, 6) is -0.145. The third-order valence-corrected chi connectivity index (χ3v) is 3.12. The molecule has 0 aliphatic rings. The summed E-state index contributed by atoms with van der Waals surface area (Å²) in [6.07, 6.45) is 0.795. The second kappa shape index (κ2) is 5.46. The van der Waals surface area contributed by atoms with Crippen LogP contribution in [0.2, 0.25) is 0 Å². The van der Waals surface area contributed by atoms with Crippen molar-refractivity contribution in [2.24, 2.45) is 0 Å². The predicted molar refractivity (Wildman–Crippen MR) is 66.5 cm³/mol. The van der Waals surface area contributed by atoms with E-state index in [9.17, 15) is 0 Å². The molecule has 0 radical (unpaired) electrons.